The number of hydrogen-bond donors (Lipinski definition) is 1. The van der Waals surface area contributed by atoms with Crippen LogP contribution in [0.4, 0.5) is 11.4 Å². The molecule has 1 amide bonds. The molecule has 0 atom stereocenters. The molecule has 3 heterocycles. The first kappa shape index (κ1) is 21.7. The fraction of sp³-hybridized carbons (Fsp3) is 0.476. The highest BCUT2D eigenvalue weighted by Crippen LogP contribution is 2.32. The van der Waals surface area contributed by atoms with E-state index >= 15 is 0 Å². The van der Waals surface area contributed by atoms with Gasteiger partial charge in [0.25, 0.3) is 5.91 Å². The second-order valence-corrected chi connectivity index (χ2v) is 9.58. The molecule has 2 aromatic rings. The second kappa shape index (κ2) is 9.71. The molecule has 0 spiro atoms. The summed E-state index contributed by atoms with van der Waals surface area (Å²) >= 11 is 0. The number of morpholine rings is 1. The van der Waals surface area contributed by atoms with Gasteiger partial charge in [0.15, 0.2) is 0 Å². The molecule has 2 aliphatic heterocycles. The molecule has 1 aromatic carbocycles. The summed E-state index contributed by atoms with van der Waals surface area (Å²) in [5, 5.41) is 2.87. The number of aromatic nitrogens is 2. The van der Waals surface area contributed by atoms with Gasteiger partial charge in [-0.1, -0.05) is 12.8 Å². The van der Waals surface area contributed by atoms with Crippen LogP contribution in [0.15, 0.2) is 41.7 Å². The van der Waals surface area contributed by atoms with Gasteiger partial charge in [0, 0.05) is 38.6 Å². The van der Waals surface area contributed by atoms with Crippen molar-refractivity contribution in [2.45, 2.75) is 30.6 Å². The molecule has 2 saturated heterocycles. The van der Waals surface area contributed by atoms with Crippen molar-refractivity contribution in [3.8, 4) is 0 Å². The predicted molar refractivity (Wildman–Crippen MR) is 117 cm³/mol. The van der Waals surface area contributed by atoms with Crippen molar-refractivity contribution >= 4 is 27.3 Å². The van der Waals surface area contributed by atoms with E-state index in [1.165, 1.54) is 35.7 Å². The number of carbonyl (C=O) groups is 1. The molecule has 10 heteroatoms. The lowest BCUT2D eigenvalue weighted by atomic mass is 10.2. The first-order valence-corrected chi connectivity index (χ1v) is 12.0. The van der Waals surface area contributed by atoms with E-state index in [0.29, 0.717) is 32.0 Å². The molecule has 0 bridgehead atoms. The number of ether oxygens (including phenoxy) is 1. The Hall–Kier alpha value is -2.56. The molecule has 2 aliphatic rings. The number of nitrogens with one attached hydrogen (secondary N) is 1. The Morgan fingerprint density at radius 3 is 2.42 bits per heavy atom. The summed E-state index contributed by atoms with van der Waals surface area (Å²) < 4.78 is 33.0. The molecule has 0 unspecified atom stereocenters. The lowest BCUT2D eigenvalue weighted by Crippen LogP contribution is -2.40. The highest BCUT2D eigenvalue weighted by Gasteiger charge is 2.28. The van der Waals surface area contributed by atoms with Crippen molar-refractivity contribution in [2.75, 3.05) is 49.6 Å². The van der Waals surface area contributed by atoms with Gasteiger partial charge >= 0.3 is 0 Å². The van der Waals surface area contributed by atoms with Crippen molar-refractivity contribution in [3.05, 3.63) is 42.5 Å². The average molecular weight is 446 g/mol. The number of sulfonamides is 1. The predicted octanol–water partition coefficient (Wildman–Crippen LogP) is 2.13. The SMILES string of the molecule is O=C(Nc1cc(S(=O)(=O)N2CCOCC2)ccc1N1CCCCCC1)c1cnccn1. The van der Waals surface area contributed by atoms with Gasteiger partial charge in [0.2, 0.25) is 10.0 Å². The number of anilines is 2. The van der Waals surface area contributed by atoms with Crippen molar-refractivity contribution in [1.82, 2.24) is 14.3 Å². The van der Waals surface area contributed by atoms with E-state index in [2.05, 4.69) is 20.2 Å². The van der Waals surface area contributed by atoms with Crippen LogP contribution in [0, 0.1) is 0 Å². The Morgan fingerprint density at radius 2 is 1.74 bits per heavy atom. The first-order valence-electron chi connectivity index (χ1n) is 10.6. The van der Waals surface area contributed by atoms with Crippen LogP contribution >= 0.6 is 0 Å². The second-order valence-electron chi connectivity index (χ2n) is 7.64. The Morgan fingerprint density at radius 1 is 1.00 bits per heavy atom. The van der Waals surface area contributed by atoms with Crippen LogP contribution in [-0.2, 0) is 14.8 Å². The van der Waals surface area contributed by atoms with Crippen LogP contribution in [0.3, 0.4) is 0 Å². The van der Waals surface area contributed by atoms with Crippen molar-refractivity contribution in [2.24, 2.45) is 0 Å². The standard InChI is InChI=1S/C21H27N5O4S/c27-21(19-16-22-7-8-23-19)24-18-15-17(31(28,29)26-11-13-30-14-12-26)5-6-20(18)25-9-3-1-2-4-10-25/h5-8,15-16H,1-4,9-14H2,(H,24,27). The molecule has 1 N–H and O–H groups in total. The third-order valence-electron chi connectivity index (χ3n) is 5.57. The quantitative estimate of drug-likeness (QED) is 0.752. The maximum absolute atomic E-state index is 13.2. The van der Waals surface area contributed by atoms with Crippen LogP contribution in [0.5, 0.6) is 0 Å². The zero-order valence-electron chi connectivity index (χ0n) is 17.4. The largest absolute Gasteiger partial charge is 0.379 e. The summed E-state index contributed by atoms with van der Waals surface area (Å²) in [4.78, 5) is 23.1. The number of nitrogens with zero attached hydrogens (tertiary/aromatic N) is 4. The van der Waals surface area contributed by atoms with Gasteiger partial charge in [-0.05, 0) is 31.0 Å². The lowest BCUT2D eigenvalue weighted by molar-refractivity contribution is 0.0730. The topological polar surface area (TPSA) is 105 Å². The highest BCUT2D eigenvalue weighted by atomic mass is 32.2. The fourth-order valence-electron chi connectivity index (χ4n) is 3.90. The maximum Gasteiger partial charge on any atom is 0.275 e. The van der Waals surface area contributed by atoms with E-state index < -0.39 is 15.9 Å². The van der Waals surface area contributed by atoms with E-state index in [-0.39, 0.29) is 10.6 Å². The summed E-state index contributed by atoms with van der Waals surface area (Å²) in [6, 6.07) is 4.98. The Labute approximate surface area is 182 Å². The van der Waals surface area contributed by atoms with Crippen LogP contribution < -0.4 is 10.2 Å². The Balaban J connectivity index is 1.68. The number of amides is 1. The number of hydrogen-bond acceptors (Lipinski definition) is 7. The van der Waals surface area contributed by atoms with Crippen LogP contribution in [0.25, 0.3) is 0 Å². The molecular formula is C21H27N5O4S. The summed E-state index contributed by atoms with van der Waals surface area (Å²) in [6.07, 6.45) is 8.79. The number of benzene rings is 1. The summed E-state index contributed by atoms with van der Waals surface area (Å²) in [7, 11) is -3.68. The maximum atomic E-state index is 13.2. The third-order valence-corrected chi connectivity index (χ3v) is 7.46. The fourth-order valence-corrected chi connectivity index (χ4v) is 5.34. The monoisotopic (exact) mass is 445 g/mol. The minimum absolute atomic E-state index is 0.155. The molecule has 2 fully saturated rings. The molecule has 0 aliphatic carbocycles. The zero-order valence-corrected chi connectivity index (χ0v) is 18.2. The van der Waals surface area contributed by atoms with Crippen molar-refractivity contribution < 1.29 is 17.9 Å². The summed E-state index contributed by atoms with van der Waals surface area (Å²) in [6.45, 7) is 3.12. The van der Waals surface area contributed by atoms with E-state index in [4.69, 9.17) is 4.74 Å². The number of carbonyl (C=O) groups excluding carboxylic acids is 1. The minimum Gasteiger partial charge on any atom is -0.379 e. The molecule has 4 rings (SSSR count). The van der Waals surface area contributed by atoms with E-state index in [0.717, 1.165) is 31.6 Å². The van der Waals surface area contributed by atoms with Gasteiger partial charge in [0.1, 0.15) is 5.69 Å². The third kappa shape index (κ3) is 5.03. The molecular weight excluding hydrogens is 418 g/mol. The van der Waals surface area contributed by atoms with Crippen LogP contribution in [-0.4, -0.2) is 68.0 Å². The summed E-state index contributed by atoms with van der Waals surface area (Å²) in [5.74, 6) is -0.426. The van der Waals surface area contributed by atoms with Crippen molar-refractivity contribution in [3.63, 3.8) is 0 Å². The minimum atomic E-state index is -3.68. The Kier molecular flexibility index (Phi) is 6.79. The molecule has 0 radical (unpaired) electrons. The molecule has 166 valence electrons. The molecule has 0 saturated carbocycles. The average Bonchev–Trinajstić information content (AvgIpc) is 3.10. The highest BCUT2D eigenvalue weighted by molar-refractivity contribution is 7.89. The van der Waals surface area contributed by atoms with E-state index in [1.807, 2.05) is 0 Å². The van der Waals surface area contributed by atoms with Gasteiger partial charge in [-0.15, -0.1) is 0 Å². The van der Waals surface area contributed by atoms with Crippen molar-refractivity contribution in [1.29, 1.82) is 0 Å². The smallest absolute Gasteiger partial charge is 0.275 e. The molecule has 9 nitrogen and oxygen atoms in total. The summed E-state index contributed by atoms with van der Waals surface area (Å²) in [5.41, 5.74) is 1.46. The van der Waals surface area contributed by atoms with Crippen LogP contribution in [0.1, 0.15) is 36.2 Å². The van der Waals surface area contributed by atoms with Gasteiger partial charge in [0.05, 0.1) is 35.7 Å². The molecule has 31 heavy (non-hydrogen) atoms. The normalized spacial score (nSPS) is 18.4. The van der Waals surface area contributed by atoms with Gasteiger partial charge in [-0.2, -0.15) is 4.31 Å². The van der Waals surface area contributed by atoms with Crippen LogP contribution in [0.2, 0.25) is 0 Å². The van der Waals surface area contributed by atoms with E-state index in [9.17, 15) is 13.2 Å². The van der Waals surface area contributed by atoms with E-state index in [1.54, 1.807) is 18.2 Å². The number of rotatable bonds is 5. The lowest BCUT2D eigenvalue weighted by Gasteiger charge is -2.28. The zero-order chi connectivity index (χ0) is 21.7. The van der Waals surface area contributed by atoms with Gasteiger partial charge in [-0.25, -0.2) is 13.4 Å². The van der Waals surface area contributed by atoms with Gasteiger partial charge in [-0.3, -0.25) is 9.78 Å². The Bertz CT molecular complexity index is 1000. The first-order chi connectivity index (χ1) is 15.1. The van der Waals surface area contributed by atoms with Gasteiger partial charge < -0.3 is 15.0 Å². The molecule has 1 aromatic heterocycles.